The standard InChI is InChI=1S/C17H16O2/c1-2-13-8-10-15(11-9-13)16(12-17(18)19)14-6-4-3-5-7-14/h3-12H,2H2,1H3,(H,18,19)/b16-12+. The van der Waals surface area contributed by atoms with E-state index < -0.39 is 5.97 Å². The molecule has 19 heavy (non-hydrogen) atoms. The maximum atomic E-state index is 11.0. The molecule has 96 valence electrons. The first-order chi connectivity index (χ1) is 9.20. The Morgan fingerprint density at radius 1 is 1.00 bits per heavy atom. The average Bonchev–Trinajstić information content (AvgIpc) is 2.46. The van der Waals surface area contributed by atoms with Gasteiger partial charge >= 0.3 is 5.97 Å². The van der Waals surface area contributed by atoms with Crippen molar-refractivity contribution in [3.8, 4) is 0 Å². The molecule has 2 heteroatoms. The second-order valence-electron chi connectivity index (χ2n) is 4.31. The van der Waals surface area contributed by atoms with Crippen molar-refractivity contribution in [1.29, 1.82) is 0 Å². The van der Waals surface area contributed by atoms with Crippen LogP contribution in [0.5, 0.6) is 0 Å². The molecule has 0 atom stereocenters. The van der Waals surface area contributed by atoms with Gasteiger partial charge in [-0.05, 0) is 28.7 Å². The summed E-state index contributed by atoms with van der Waals surface area (Å²) in [5, 5.41) is 9.03. The minimum atomic E-state index is -0.932. The first-order valence-corrected chi connectivity index (χ1v) is 6.30. The zero-order chi connectivity index (χ0) is 13.7. The Morgan fingerprint density at radius 2 is 1.58 bits per heavy atom. The smallest absolute Gasteiger partial charge is 0.328 e. The number of benzene rings is 2. The van der Waals surface area contributed by atoms with Crippen molar-refractivity contribution in [3.05, 3.63) is 77.4 Å². The van der Waals surface area contributed by atoms with Crippen LogP contribution in [0.1, 0.15) is 23.6 Å². The number of carboxylic acid groups (broad SMARTS) is 1. The quantitative estimate of drug-likeness (QED) is 0.841. The summed E-state index contributed by atoms with van der Waals surface area (Å²) in [7, 11) is 0. The zero-order valence-electron chi connectivity index (χ0n) is 10.8. The Balaban J connectivity index is 2.46. The summed E-state index contributed by atoms with van der Waals surface area (Å²) < 4.78 is 0. The molecule has 2 nitrogen and oxygen atoms in total. The summed E-state index contributed by atoms with van der Waals surface area (Å²) in [6.07, 6.45) is 2.24. The lowest BCUT2D eigenvalue weighted by molar-refractivity contribution is -0.131. The molecule has 0 saturated heterocycles. The SMILES string of the molecule is CCc1ccc(/C(=C/C(=O)O)c2ccccc2)cc1. The van der Waals surface area contributed by atoms with E-state index in [-0.39, 0.29) is 0 Å². The molecule has 2 aromatic rings. The maximum Gasteiger partial charge on any atom is 0.328 e. The second-order valence-corrected chi connectivity index (χ2v) is 4.31. The lowest BCUT2D eigenvalue weighted by Gasteiger charge is -2.08. The Bertz CT molecular complexity index is 580. The van der Waals surface area contributed by atoms with Crippen LogP contribution in [0.3, 0.4) is 0 Å². The molecule has 2 aromatic carbocycles. The highest BCUT2D eigenvalue weighted by molar-refractivity contribution is 5.95. The van der Waals surface area contributed by atoms with Crippen molar-refractivity contribution in [3.63, 3.8) is 0 Å². The van der Waals surface area contributed by atoms with Gasteiger partial charge in [0.25, 0.3) is 0 Å². The molecule has 2 rings (SSSR count). The maximum absolute atomic E-state index is 11.0. The normalized spacial score (nSPS) is 11.3. The Hall–Kier alpha value is -2.35. The molecule has 0 bridgehead atoms. The fourth-order valence-electron chi connectivity index (χ4n) is 1.99. The average molecular weight is 252 g/mol. The summed E-state index contributed by atoms with van der Waals surface area (Å²) in [6, 6.07) is 17.6. The number of hydrogen-bond acceptors (Lipinski definition) is 1. The lowest BCUT2D eigenvalue weighted by atomic mass is 9.96. The molecule has 0 unspecified atom stereocenters. The zero-order valence-corrected chi connectivity index (χ0v) is 10.8. The van der Waals surface area contributed by atoms with Crippen LogP contribution in [0.2, 0.25) is 0 Å². The lowest BCUT2D eigenvalue weighted by Crippen LogP contribution is -1.95. The predicted octanol–water partition coefficient (Wildman–Crippen LogP) is 3.77. The molecule has 0 fully saturated rings. The number of aryl methyl sites for hydroxylation is 1. The number of hydrogen-bond donors (Lipinski definition) is 1. The molecule has 0 aliphatic rings. The summed E-state index contributed by atoms with van der Waals surface area (Å²) in [4.78, 5) is 11.0. The fourth-order valence-corrected chi connectivity index (χ4v) is 1.99. The minimum absolute atomic E-state index is 0.732. The molecule has 0 radical (unpaired) electrons. The summed E-state index contributed by atoms with van der Waals surface area (Å²) in [5.74, 6) is -0.932. The van der Waals surface area contributed by atoms with E-state index in [0.717, 1.165) is 23.1 Å². The molecule has 0 amide bonds. The van der Waals surface area contributed by atoms with Crippen molar-refractivity contribution in [2.75, 3.05) is 0 Å². The fraction of sp³-hybridized carbons (Fsp3) is 0.118. The van der Waals surface area contributed by atoms with Gasteiger partial charge in [-0.15, -0.1) is 0 Å². The van der Waals surface area contributed by atoms with Gasteiger partial charge in [0.2, 0.25) is 0 Å². The molecule has 0 spiro atoms. The van der Waals surface area contributed by atoms with Gasteiger partial charge < -0.3 is 5.11 Å². The molecular formula is C17H16O2. The van der Waals surface area contributed by atoms with E-state index in [9.17, 15) is 4.79 Å². The van der Waals surface area contributed by atoms with Gasteiger partial charge in [-0.1, -0.05) is 61.5 Å². The van der Waals surface area contributed by atoms with Crippen LogP contribution in [-0.2, 0) is 11.2 Å². The van der Waals surface area contributed by atoms with E-state index in [4.69, 9.17) is 5.11 Å². The van der Waals surface area contributed by atoms with E-state index in [1.165, 1.54) is 11.6 Å². The second kappa shape index (κ2) is 6.01. The summed E-state index contributed by atoms with van der Waals surface area (Å²) in [5.41, 5.74) is 3.81. The monoisotopic (exact) mass is 252 g/mol. The van der Waals surface area contributed by atoms with Gasteiger partial charge in [0, 0.05) is 6.08 Å². The third-order valence-electron chi connectivity index (χ3n) is 3.03. The number of rotatable bonds is 4. The van der Waals surface area contributed by atoms with E-state index >= 15 is 0 Å². The number of carboxylic acids is 1. The molecule has 1 N–H and O–H groups in total. The van der Waals surface area contributed by atoms with Crippen LogP contribution in [0.4, 0.5) is 0 Å². The van der Waals surface area contributed by atoms with Gasteiger partial charge in [0.15, 0.2) is 0 Å². The van der Waals surface area contributed by atoms with Gasteiger partial charge in [-0.25, -0.2) is 4.79 Å². The van der Waals surface area contributed by atoms with Crippen molar-refractivity contribution < 1.29 is 9.90 Å². The van der Waals surface area contributed by atoms with E-state index in [2.05, 4.69) is 6.92 Å². The number of aliphatic carboxylic acids is 1. The van der Waals surface area contributed by atoms with Gasteiger partial charge in [-0.3, -0.25) is 0 Å². The van der Waals surface area contributed by atoms with Crippen LogP contribution in [0.15, 0.2) is 60.7 Å². The highest BCUT2D eigenvalue weighted by atomic mass is 16.4. The highest BCUT2D eigenvalue weighted by Gasteiger charge is 2.06. The van der Waals surface area contributed by atoms with Crippen LogP contribution < -0.4 is 0 Å². The molecule has 0 saturated carbocycles. The number of carbonyl (C=O) groups is 1. The molecule has 0 aliphatic carbocycles. The molecular weight excluding hydrogens is 236 g/mol. The van der Waals surface area contributed by atoms with Crippen LogP contribution in [0, 0.1) is 0 Å². The third kappa shape index (κ3) is 3.32. The van der Waals surface area contributed by atoms with Gasteiger partial charge in [0.05, 0.1) is 0 Å². The summed E-state index contributed by atoms with van der Waals surface area (Å²) >= 11 is 0. The minimum Gasteiger partial charge on any atom is -0.478 e. The Morgan fingerprint density at radius 3 is 2.11 bits per heavy atom. The summed E-state index contributed by atoms with van der Waals surface area (Å²) in [6.45, 7) is 2.10. The molecule has 0 heterocycles. The predicted molar refractivity (Wildman–Crippen MR) is 77.0 cm³/mol. The van der Waals surface area contributed by atoms with Crippen LogP contribution in [-0.4, -0.2) is 11.1 Å². The van der Waals surface area contributed by atoms with E-state index in [1.54, 1.807) is 0 Å². The van der Waals surface area contributed by atoms with E-state index in [0.29, 0.717) is 0 Å². The third-order valence-corrected chi connectivity index (χ3v) is 3.03. The Labute approximate surface area is 113 Å². The van der Waals surface area contributed by atoms with Crippen LogP contribution in [0.25, 0.3) is 5.57 Å². The van der Waals surface area contributed by atoms with Crippen molar-refractivity contribution in [2.24, 2.45) is 0 Å². The largest absolute Gasteiger partial charge is 0.478 e. The van der Waals surface area contributed by atoms with Crippen molar-refractivity contribution >= 4 is 11.5 Å². The molecule has 0 aromatic heterocycles. The highest BCUT2D eigenvalue weighted by Crippen LogP contribution is 2.23. The first kappa shape index (κ1) is 13.1. The Kier molecular flexibility index (Phi) is 4.14. The van der Waals surface area contributed by atoms with Gasteiger partial charge in [0.1, 0.15) is 0 Å². The van der Waals surface area contributed by atoms with E-state index in [1.807, 2.05) is 54.6 Å². The molecule has 0 aliphatic heterocycles. The van der Waals surface area contributed by atoms with Gasteiger partial charge in [-0.2, -0.15) is 0 Å². The van der Waals surface area contributed by atoms with Crippen molar-refractivity contribution in [1.82, 2.24) is 0 Å². The topological polar surface area (TPSA) is 37.3 Å². The first-order valence-electron chi connectivity index (χ1n) is 6.30. The van der Waals surface area contributed by atoms with Crippen molar-refractivity contribution in [2.45, 2.75) is 13.3 Å². The van der Waals surface area contributed by atoms with Crippen LogP contribution >= 0.6 is 0 Å².